The second kappa shape index (κ2) is 22.4. The lowest BCUT2D eigenvalue weighted by Crippen LogP contribution is -2.18. The number of hydrogen-bond donors (Lipinski definition) is 1. The standard InChI is InChI=1S/C21H28O7P2.C19H23O6P/c1-29(2,22)28-21-14-13-20(27-21)17-26-30(23,24-15-18-9-5-3-6-10-18)25-16-19-11-7-4-8-12-19;20-19-12-11-18(25-19)15-24-26(21,22-13-16-7-3-1-4-8-16)23-14-17-9-5-2-6-10-17/h3-12,20-21H,13-17H2,1-2H3;1-10,18-20H,11-15H2/t20-,21?;18-,19?/m00/s1. The number of hydrogen-bond acceptors (Lipinski definition) is 13. The highest BCUT2D eigenvalue weighted by molar-refractivity contribution is 7.57. The van der Waals surface area contributed by atoms with Crippen LogP contribution in [0.5, 0.6) is 0 Å². The van der Waals surface area contributed by atoms with Gasteiger partial charge in [0, 0.05) is 26.2 Å². The Hall–Kier alpha value is -2.83. The largest absolute Gasteiger partial charge is 0.475 e. The monoisotopic (exact) mass is 832 g/mol. The zero-order valence-electron chi connectivity index (χ0n) is 31.6. The molecule has 2 fully saturated rings. The Balaban J connectivity index is 0.000000216. The van der Waals surface area contributed by atoms with Crippen LogP contribution in [0.4, 0.5) is 0 Å². The molecule has 4 aromatic rings. The van der Waals surface area contributed by atoms with Gasteiger partial charge >= 0.3 is 15.6 Å². The van der Waals surface area contributed by atoms with Crippen molar-refractivity contribution in [3.05, 3.63) is 144 Å². The first-order valence-corrected chi connectivity index (χ1v) is 23.8. The number of benzene rings is 4. The predicted octanol–water partition coefficient (Wildman–Crippen LogP) is 9.65. The van der Waals surface area contributed by atoms with Gasteiger partial charge in [0.05, 0.1) is 51.8 Å². The van der Waals surface area contributed by atoms with Gasteiger partial charge in [0.15, 0.2) is 19.9 Å². The van der Waals surface area contributed by atoms with E-state index in [1.165, 1.54) is 0 Å². The highest BCUT2D eigenvalue weighted by atomic mass is 31.2. The van der Waals surface area contributed by atoms with Crippen LogP contribution in [0.1, 0.15) is 47.9 Å². The van der Waals surface area contributed by atoms with Crippen LogP contribution in [0.3, 0.4) is 0 Å². The molecule has 2 unspecified atom stereocenters. The molecule has 0 aromatic heterocycles. The zero-order valence-corrected chi connectivity index (χ0v) is 34.3. The summed E-state index contributed by atoms with van der Waals surface area (Å²) in [5.41, 5.74) is 3.45. The van der Waals surface area contributed by atoms with E-state index in [-0.39, 0.29) is 51.8 Å². The SMILES string of the molecule is CP(C)(=O)OC1CC[C@@H](COP(=O)(OCc2ccccc2)OCc2ccccc2)O1.O=P(OCc1ccccc1)(OCc1ccccc1)OC[C@@H]1CCC(O)O1. The predicted molar refractivity (Wildman–Crippen MR) is 211 cm³/mol. The Kier molecular flexibility index (Phi) is 17.7. The van der Waals surface area contributed by atoms with Crippen molar-refractivity contribution in [3.63, 3.8) is 0 Å². The van der Waals surface area contributed by atoms with Crippen molar-refractivity contribution in [2.24, 2.45) is 0 Å². The second-order valence-corrected chi connectivity index (χ2v) is 19.5. The molecule has 4 aromatic carbocycles. The normalized spacial score (nSPS) is 20.1. The number of aliphatic hydroxyl groups excluding tert-OH is 1. The highest BCUT2D eigenvalue weighted by Crippen LogP contribution is 2.52. The Morgan fingerprint density at radius 2 is 0.839 bits per heavy atom. The first-order chi connectivity index (χ1) is 26.9. The third-order valence-corrected chi connectivity index (χ3v) is 11.7. The van der Waals surface area contributed by atoms with E-state index >= 15 is 0 Å². The number of rotatable bonds is 20. The molecule has 0 saturated carbocycles. The van der Waals surface area contributed by atoms with Crippen molar-refractivity contribution in [1.82, 2.24) is 0 Å². The van der Waals surface area contributed by atoms with E-state index in [1.54, 1.807) is 13.3 Å². The molecule has 0 aliphatic carbocycles. The van der Waals surface area contributed by atoms with Gasteiger partial charge in [-0.15, -0.1) is 0 Å². The van der Waals surface area contributed by atoms with Crippen LogP contribution in [0.25, 0.3) is 0 Å². The highest BCUT2D eigenvalue weighted by Gasteiger charge is 2.34. The van der Waals surface area contributed by atoms with Crippen LogP contribution in [0.2, 0.25) is 0 Å². The van der Waals surface area contributed by atoms with Crippen LogP contribution in [-0.2, 0) is 81.3 Å². The molecule has 2 heterocycles. The minimum absolute atomic E-state index is 0.0262. The number of ether oxygens (including phenoxy) is 2. The number of aliphatic hydroxyl groups is 1. The Bertz CT molecular complexity index is 1750. The zero-order chi connectivity index (χ0) is 39.7. The summed E-state index contributed by atoms with van der Waals surface area (Å²) in [6.45, 7) is 3.57. The van der Waals surface area contributed by atoms with Crippen molar-refractivity contribution < 1.29 is 59.9 Å². The molecule has 1 N–H and O–H groups in total. The number of phosphoric ester groups is 2. The van der Waals surface area contributed by atoms with Crippen molar-refractivity contribution in [1.29, 1.82) is 0 Å². The van der Waals surface area contributed by atoms with Gasteiger partial charge in [0.1, 0.15) is 0 Å². The van der Waals surface area contributed by atoms with E-state index in [9.17, 15) is 18.8 Å². The van der Waals surface area contributed by atoms with Crippen molar-refractivity contribution in [2.75, 3.05) is 26.5 Å². The third-order valence-electron chi connectivity index (χ3n) is 8.29. The lowest BCUT2D eigenvalue weighted by Gasteiger charge is -2.21. The summed E-state index contributed by atoms with van der Waals surface area (Å²) in [7, 11) is -10.3. The summed E-state index contributed by atoms with van der Waals surface area (Å²) < 4.78 is 87.7. The van der Waals surface area contributed by atoms with Crippen LogP contribution in [-0.4, -0.2) is 56.4 Å². The van der Waals surface area contributed by atoms with E-state index in [4.69, 9.17) is 41.1 Å². The third kappa shape index (κ3) is 16.6. The van der Waals surface area contributed by atoms with Crippen LogP contribution in [0.15, 0.2) is 121 Å². The first-order valence-electron chi connectivity index (χ1n) is 18.4. The summed E-state index contributed by atoms with van der Waals surface area (Å²) in [6.07, 6.45) is 0.413. The van der Waals surface area contributed by atoms with Crippen LogP contribution in [0, 0.1) is 0 Å². The molecule has 0 bridgehead atoms. The van der Waals surface area contributed by atoms with Crippen molar-refractivity contribution in [3.8, 4) is 0 Å². The molecule has 56 heavy (non-hydrogen) atoms. The van der Waals surface area contributed by atoms with Gasteiger partial charge in [-0.05, 0) is 35.1 Å². The average molecular weight is 833 g/mol. The molecule has 0 radical (unpaired) electrons. The Morgan fingerprint density at radius 3 is 1.16 bits per heavy atom. The maximum absolute atomic E-state index is 13.2. The fourth-order valence-corrected chi connectivity index (χ4v) is 8.54. The second-order valence-electron chi connectivity index (χ2n) is 13.4. The summed E-state index contributed by atoms with van der Waals surface area (Å²) in [6, 6.07) is 37.6. The molecular weight excluding hydrogens is 781 g/mol. The Morgan fingerprint density at radius 1 is 0.500 bits per heavy atom. The summed E-state index contributed by atoms with van der Waals surface area (Å²) in [5.74, 6) is 0. The summed E-state index contributed by atoms with van der Waals surface area (Å²) in [5, 5.41) is 9.42. The maximum Gasteiger partial charge on any atom is 0.475 e. The first kappa shape index (κ1) is 44.3. The van der Waals surface area contributed by atoms with E-state index < -0.39 is 35.6 Å². The summed E-state index contributed by atoms with van der Waals surface area (Å²) >= 11 is 0. The summed E-state index contributed by atoms with van der Waals surface area (Å²) in [4.78, 5) is 0. The quantitative estimate of drug-likeness (QED) is 0.0842. The maximum atomic E-state index is 13.2. The average Bonchev–Trinajstić information content (AvgIpc) is 3.85. The van der Waals surface area contributed by atoms with Gasteiger partial charge < -0.3 is 14.6 Å². The molecule has 304 valence electrons. The van der Waals surface area contributed by atoms with Gasteiger partial charge in [-0.2, -0.15) is 0 Å². The van der Waals surface area contributed by atoms with Gasteiger partial charge in [-0.25, -0.2) is 9.13 Å². The van der Waals surface area contributed by atoms with Crippen LogP contribution >= 0.6 is 23.0 Å². The fraction of sp³-hybridized carbons (Fsp3) is 0.400. The molecular formula is C40H51O13P3. The molecule has 2 aliphatic rings. The van der Waals surface area contributed by atoms with Gasteiger partial charge in [-0.1, -0.05) is 121 Å². The molecule has 4 atom stereocenters. The Labute approximate surface area is 329 Å². The minimum atomic E-state index is -3.84. The van der Waals surface area contributed by atoms with E-state index in [0.29, 0.717) is 25.7 Å². The molecule has 2 aliphatic heterocycles. The van der Waals surface area contributed by atoms with E-state index in [2.05, 4.69) is 0 Å². The fourth-order valence-electron chi connectivity index (χ4n) is 5.45. The van der Waals surface area contributed by atoms with Crippen LogP contribution < -0.4 is 0 Å². The molecule has 0 amide bonds. The molecule has 16 heteroatoms. The molecule has 0 spiro atoms. The van der Waals surface area contributed by atoms with Gasteiger partial charge in [-0.3, -0.25) is 36.2 Å². The lowest BCUT2D eigenvalue weighted by atomic mass is 10.2. The number of phosphoric acid groups is 2. The van der Waals surface area contributed by atoms with E-state index in [1.807, 2.05) is 121 Å². The topological polar surface area (TPSA) is 155 Å². The van der Waals surface area contributed by atoms with Crippen molar-refractivity contribution >= 4 is 23.0 Å². The van der Waals surface area contributed by atoms with Gasteiger partial charge in [0.25, 0.3) is 0 Å². The molecule has 6 rings (SSSR count). The van der Waals surface area contributed by atoms with Gasteiger partial charge in [0.2, 0.25) is 0 Å². The molecule has 2 saturated heterocycles. The van der Waals surface area contributed by atoms with Crippen molar-refractivity contribution in [2.45, 2.75) is 76.9 Å². The lowest BCUT2D eigenvalue weighted by molar-refractivity contribution is -0.101. The minimum Gasteiger partial charge on any atom is -0.368 e. The smallest absolute Gasteiger partial charge is 0.368 e. The van der Waals surface area contributed by atoms with E-state index in [0.717, 1.165) is 22.3 Å². The molecule has 13 nitrogen and oxygen atoms in total.